The van der Waals surface area contributed by atoms with Gasteiger partial charge < -0.3 is 9.47 Å². The summed E-state index contributed by atoms with van der Waals surface area (Å²) in [6, 6.07) is 0. The van der Waals surface area contributed by atoms with Crippen molar-refractivity contribution in [1.29, 1.82) is 0 Å². The van der Waals surface area contributed by atoms with E-state index in [0.717, 1.165) is 29.6 Å². The zero-order valence-electron chi connectivity index (χ0n) is 16.0. The molecule has 3 fully saturated rings. The molecular formula is C22H32O2. The van der Waals surface area contributed by atoms with Gasteiger partial charge in [0.05, 0.1) is 17.5 Å². The summed E-state index contributed by atoms with van der Waals surface area (Å²) >= 11 is 0. The molecule has 5 aliphatic carbocycles. The van der Waals surface area contributed by atoms with E-state index in [2.05, 4.69) is 59.8 Å². The fourth-order valence-corrected chi connectivity index (χ4v) is 7.02. The van der Waals surface area contributed by atoms with Crippen LogP contribution >= 0.6 is 0 Å². The van der Waals surface area contributed by atoms with Gasteiger partial charge in [-0.2, -0.15) is 0 Å². The standard InChI is InChI=1S/C22H32O2/c1-21(2,3)23-15-10-11-9-14-19-16(11)18(15)12-7-8-13(17(12)19)20(14)24-22(4,5)6/h7-8,10-14,16-20H,9H2,1-6H3/t11-,12+,13+,14-,16+,17+,18-,19+,20-/m0/s1. The largest absolute Gasteiger partial charge is 0.492 e. The van der Waals surface area contributed by atoms with Gasteiger partial charge >= 0.3 is 0 Å². The van der Waals surface area contributed by atoms with E-state index in [0.29, 0.717) is 23.9 Å². The van der Waals surface area contributed by atoms with E-state index < -0.39 is 0 Å². The monoisotopic (exact) mass is 328 g/mol. The highest BCUT2D eigenvalue weighted by molar-refractivity contribution is 5.34. The maximum atomic E-state index is 6.61. The first kappa shape index (κ1) is 15.5. The highest BCUT2D eigenvalue weighted by atomic mass is 16.5. The van der Waals surface area contributed by atoms with Gasteiger partial charge in [0, 0.05) is 11.8 Å². The van der Waals surface area contributed by atoms with Gasteiger partial charge in [-0.3, -0.25) is 0 Å². The number of hydrogen-bond acceptors (Lipinski definition) is 2. The van der Waals surface area contributed by atoms with Crippen molar-refractivity contribution in [2.24, 2.45) is 47.3 Å². The summed E-state index contributed by atoms with van der Waals surface area (Å²) in [5.74, 6) is 7.28. The number of allylic oxidation sites excluding steroid dienone is 3. The Labute approximate surface area is 146 Å². The topological polar surface area (TPSA) is 18.5 Å². The molecule has 0 heterocycles. The second-order valence-electron chi connectivity index (χ2n) is 10.8. The molecule has 2 heteroatoms. The molecule has 0 aromatic rings. The number of hydrogen-bond donors (Lipinski definition) is 0. The summed E-state index contributed by atoms with van der Waals surface area (Å²) in [5.41, 5.74) is -0.121. The second-order valence-corrected chi connectivity index (χ2v) is 10.8. The third kappa shape index (κ3) is 1.98. The van der Waals surface area contributed by atoms with Crippen molar-refractivity contribution in [1.82, 2.24) is 0 Å². The Morgan fingerprint density at radius 3 is 2.25 bits per heavy atom. The predicted molar refractivity (Wildman–Crippen MR) is 95.2 cm³/mol. The molecule has 132 valence electrons. The Kier molecular flexibility index (Phi) is 2.90. The van der Waals surface area contributed by atoms with Crippen LogP contribution in [0.1, 0.15) is 48.0 Å². The van der Waals surface area contributed by atoms with E-state index in [1.165, 1.54) is 12.2 Å². The fourth-order valence-electron chi connectivity index (χ4n) is 7.02. The average molecular weight is 328 g/mol. The minimum absolute atomic E-state index is 0.0390. The van der Waals surface area contributed by atoms with Gasteiger partial charge in [-0.25, -0.2) is 0 Å². The molecular weight excluding hydrogens is 296 g/mol. The zero-order valence-corrected chi connectivity index (χ0v) is 16.0. The first-order valence-electron chi connectivity index (χ1n) is 9.91. The first-order chi connectivity index (χ1) is 11.1. The second kappa shape index (κ2) is 4.50. The van der Waals surface area contributed by atoms with Crippen LogP contribution in [0.25, 0.3) is 0 Å². The van der Waals surface area contributed by atoms with E-state index in [-0.39, 0.29) is 11.2 Å². The molecule has 0 radical (unpaired) electrons. The van der Waals surface area contributed by atoms with Crippen LogP contribution in [0.4, 0.5) is 0 Å². The van der Waals surface area contributed by atoms with Crippen molar-refractivity contribution < 1.29 is 9.47 Å². The normalized spacial score (nSPS) is 50.6. The van der Waals surface area contributed by atoms with E-state index in [1.807, 2.05) is 0 Å². The molecule has 0 saturated heterocycles. The Morgan fingerprint density at radius 2 is 1.58 bits per heavy atom. The number of fused-ring (bicyclic) bond motifs is 1. The lowest BCUT2D eigenvalue weighted by atomic mass is 9.87. The molecule has 3 saturated carbocycles. The van der Waals surface area contributed by atoms with E-state index >= 15 is 0 Å². The van der Waals surface area contributed by atoms with E-state index in [9.17, 15) is 0 Å². The van der Waals surface area contributed by atoms with Gasteiger partial charge in [-0.05, 0) is 89.5 Å². The summed E-state index contributed by atoms with van der Waals surface area (Å²) in [6.45, 7) is 13.2. The molecule has 5 rings (SSSR count). The quantitative estimate of drug-likeness (QED) is 0.677. The number of ether oxygens (including phenoxy) is 2. The van der Waals surface area contributed by atoms with Crippen molar-refractivity contribution in [3.8, 4) is 0 Å². The first-order valence-corrected chi connectivity index (χ1v) is 9.91. The van der Waals surface area contributed by atoms with Crippen molar-refractivity contribution in [2.75, 3.05) is 0 Å². The van der Waals surface area contributed by atoms with Crippen LogP contribution in [-0.4, -0.2) is 17.3 Å². The van der Waals surface area contributed by atoms with Crippen LogP contribution in [-0.2, 0) is 9.47 Å². The van der Waals surface area contributed by atoms with Gasteiger partial charge in [0.25, 0.3) is 0 Å². The van der Waals surface area contributed by atoms with Crippen LogP contribution in [0.5, 0.6) is 0 Å². The summed E-state index contributed by atoms with van der Waals surface area (Å²) < 4.78 is 13.0. The summed E-state index contributed by atoms with van der Waals surface area (Å²) in [7, 11) is 0. The van der Waals surface area contributed by atoms with Crippen molar-refractivity contribution in [3.63, 3.8) is 0 Å². The molecule has 24 heavy (non-hydrogen) atoms. The molecule has 9 atom stereocenters. The smallest absolute Gasteiger partial charge is 0.100 e. The van der Waals surface area contributed by atoms with Gasteiger partial charge in [0.2, 0.25) is 0 Å². The molecule has 0 aromatic carbocycles. The van der Waals surface area contributed by atoms with Crippen LogP contribution in [0.2, 0.25) is 0 Å². The predicted octanol–water partition coefficient (Wildman–Crippen LogP) is 4.81. The van der Waals surface area contributed by atoms with Gasteiger partial charge in [-0.15, -0.1) is 0 Å². The van der Waals surface area contributed by atoms with Gasteiger partial charge in [-0.1, -0.05) is 12.2 Å². The fraction of sp³-hybridized carbons (Fsp3) is 0.818. The minimum Gasteiger partial charge on any atom is -0.492 e. The molecule has 0 N–H and O–H groups in total. The summed E-state index contributed by atoms with van der Waals surface area (Å²) in [6.07, 6.45) is 9.29. The molecule has 0 bridgehead atoms. The molecule has 5 aliphatic rings. The van der Waals surface area contributed by atoms with Crippen molar-refractivity contribution in [2.45, 2.75) is 65.3 Å². The maximum Gasteiger partial charge on any atom is 0.100 e. The van der Waals surface area contributed by atoms with Crippen LogP contribution in [0.15, 0.2) is 24.0 Å². The lowest BCUT2D eigenvalue weighted by Crippen LogP contribution is -2.34. The molecule has 0 aliphatic heterocycles. The lowest BCUT2D eigenvalue weighted by molar-refractivity contribution is -0.0913. The highest BCUT2D eigenvalue weighted by Crippen LogP contribution is 2.73. The minimum atomic E-state index is -0.0822. The molecule has 0 amide bonds. The molecule has 2 nitrogen and oxygen atoms in total. The average Bonchev–Trinajstić information content (AvgIpc) is 3.08. The Balaban J connectivity index is 1.49. The Bertz CT molecular complexity index is 615. The molecule has 0 aromatic heterocycles. The Hall–Kier alpha value is -0.760. The van der Waals surface area contributed by atoms with Gasteiger partial charge in [0.15, 0.2) is 0 Å². The summed E-state index contributed by atoms with van der Waals surface area (Å²) in [5, 5.41) is 0. The summed E-state index contributed by atoms with van der Waals surface area (Å²) in [4.78, 5) is 0. The van der Waals surface area contributed by atoms with Crippen LogP contribution < -0.4 is 0 Å². The lowest BCUT2D eigenvalue weighted by Gasteiger charge is -2.32. The van der Waals surface area contributed by atoms with Gasteiger partial charge in [0.1, 0.15) is 5.60 Å². The third-order valence-electron chi connectivity index (χ3n) is 7.12. The molecule has 0 unspecified atom stereocenters. The maximum absolute atomic E-state index is 6.61. The zero-order chi connectivity index (χ0) is 17.0. The number of rotatable bonds is 2. The SMILES string of the molecule is CC(C)(C)OC1=C[C@@H]2C[C@@H]3[C@@H](OC(C)(C)C)[C@@H]4C=C[C@H]5[C@@H]1[C@@H]2[C@@H]3[C@@H]45. The highest BCUT2D eigenvalue weighted by Gasteiger charge is 2.71. The van der Waals surface area contributed by atoms with E-state index in [1.54, 1.807) is 0 Å². The molecule has 0 spiro atoms. The van der Waals surface area contributed by atoms with Crippen LogP contribution in [0.3, 0.4) is 0 Å². The third-order valence-corrected chi connectivity index (χ3v) is 7.12. The van der Waals surface area contributed by atoms with Crippen molar-refractivity contribution >= 4 is 0 Å². The van der Waals surface area contributed by atoms with Crippen LogP contribution in [0, 0.1) is 47.3 Å². The van der Waals surface area contributed by atoms with E-state index in [4.69, 9.17) is 9.47 Å². The van der Waals surface area contributed by atoms with Crippen molar-refractivity contribution in [3.05, 3.63) is 24.0 Å². The Morgan fingerprint density at radius 1 is 0.875 bits per heavy atom.